The van der Waals surface area contributed by atoms with Crippen LogP contribution in [0.4, 0.5) is 11.5 Å². The van der Waals surface area contributed by atoms with Gasteiger partial charge in [-0.2, -0.15) is 0 Å². The molecule has 15 heavy (non-hydrogen) atoms. The van der Waals surface area contributed by atoms with E-state index >= 15 is 0 Å². The molecule has 3 N–H and O–H groups in total. The zero-order chi connectivity index (χ0) is 11.3. The Morgan fingerprint density at radius 3 is 2.93 bits per heavy atom. The highest BCUT2D eigenvalue weighted by molar-refractivity contribution is 5.92. The van der Waals surface area contributed by atoms with Gasteiger partial charge >= 0.3 is 0 Å². The van der Waals surface area contributed by atoms with Crippen molar-refractivity contribution in [2.24, 2.45) is 5.92 Å². The minimum atomic E-state index is -0.187. The summed E-state index contributed by atoms with van der Waals surface area (Å²) in [4.78, 5) is 15.4. The maximum absolute atomic E-state index is 11.5. The number of hydrogen-bond acceptors (Lipinski definition) is 4. The van der Waals surface area contributed by atoms with Crippen LogP contribution in [0, 0.1) is 5.92 Å². The standard InChI is InChI=1S/C10H15N3O2/c1-7(6-15-2)10(14)13-8-3-4-9(11)12-5-8/h3-5,7H,6H2,1-2H3,(H2,11,12)(H,13,14). The number of ether oxygens (including phenoxy) is 1. The Bertz CT molecular complexity index is 324. The maximum atomic E-state index is 11.5. The first-order chi connectivity index (χ1) is 7.13. The van der Waals surface area contributed by atoms with Crippen molar-refractivity contribution in [1.29, 1.82) is 0 Å². The lowest BCUT2D eigenvalue weighted by Crippen LogP contribution is -2.23. The van der Waals surface area contributed by atoms with Crippen LogP contribution in [0.15, 0.2) is 18.3 Å². The van der Waals surface area contributed by atoms with Crippen LogP contribution < -0.4 is 11.1 Å². The third-order valence-corrected chi connectivity index (χ3v) is 1.92. The molecule has 82 valence electrons. The fourth-order valence-electron chi connectivity index (χ4n) is 1.07. The lowest BCUT2D eigenvalue weighted by Gasteiger charge is -2.10. The molecule has 0 aliphatic rings. The molecule has 0 saturated carbocycles. The number of carbonyl (C=O) groups excluding carboxylic acids is 1. The molecule has 1 atom stereocenters. The molecule has 0 spiro atoms. The van der Waals surface area contributed by atoms with Crippen molar-refractivity contribution in [2.45, 2.75) is 6.92 Å². The number of nitrogens with two attached hydrogens (primary N) is 1. The second kappa shape index (κ2) is 5.31. The summed E-state index contributed by atoms with van der Waals surface area (Å²) in [6, 6.07) is 3.34. The lowest BCUT2D eigenvalue weighted by atomic mass is 10.2. The van der Waals surface area contributed by atoms with Gasteiger partial charge in [0, 0.05) is 7.11 Å². The SMILES string of the molecule is COCC(C)C(=O)Nc1ccc(N)nc1. The Kier molecular flexibility index (Phi) is 4.05. The van der Waals surface area contributed by atoms with Crippen molar-refractivity contribution in [1.82, 2.24) is 4.98 Å². The molecule has 1 heterocycles. The molecule has 0 aromatic carbocycles. The van der Waals surface area contributed by atoms with Crippen LogP contribution in [0.25, 0.3) is 0 Å². The minimum Gasteiger partial charge on any atom is -0.384 e. The summed E-state index contributed by atoms with van der Waals surface area (Å²) in [5, 5.41) is 2.72. The van der Waals surface area contributed by atoms with Crippen LogP contribution >= 0.6 is 0 Å². The third-order valence-electron chi connectivity index (χ3n) is 1.92. The number of methoxy groups -OCH3 is 1. The van der Waals surface area contributed by atoms with Gasteiger partial charge in [-0.1, -0.05) is 6.92 Å². The van der Waals surface area contributed by atoms with E-state index in [1.165, 1.54) is 6.20 Å². The van der Waals surface area contributed by atoms with Gasteiger partial charge in [0.15, 0.2) is 0 Å². The fraction of sp³-hybridized carbons (Fsp3) is 0.400. The number of amides is 1. The molecule has 1 rings (SSSR count). The molecule has 0 saturated heterocycles. The molecular weight excluding hydrogens is 194 g/mol. The molecule has 1 unspecified atom stereocenters. The maximum Gasteiger partial charge on any atom is 0.229 e. The van der Waals surface area contributed by atoms with E-state index in [1.54, 1.807) is 26.2 Å². The van der Waals surface area contributed by atoms with Gasteiger partial charge in [-0.15, -0.1) is 0 Å². The molecule has 5 heteroatoms. The summed E-state index contributed by atoms with van der Waals surface area (Å²) in [6.07, 6.45) is 1.52. The number of nitrogens with zero attached hydrogens (tertiary/aromatic N) is 1. The van der Waals surface area contributed by atoms with Gasteiger partial charge in [0.2, 0.25) is 5.91 Å². The van der Waals surface area contributed by atoms with E-state index in [2.05, 4.69) is 10.3 Å². The van der Waals surface area contributed by atoms with Gasteiger partial charge in [-0.25, -0.2) is 4.98 Å². The normalized spacial score (nSPS) is 12.1. The zero-order valence-electron chi connectivity index (χ0n) is 8.86. The summed E-state index contributed by atoms with van der Waals surface area (Å²) in [5.41, 5.74) is 6.06. The average molecular weight is 209 g/mol. The molecule has 5 nitrogen and oxygen atoms in total. The number of nitrogens with one attached hydrogen (secondary N) is 1. The van der Waals surface area contributed by atoms with Gasteiger partial charge < -0.3 is 15.8 Å². The smallest absolute Gasteiger partial charge is 0.229 e. The molecule has 0 bridgehead atoms. The minimum absolute atomic E-state index is 0.0941. The molecule has 0 radical (unpaired) electrons. The van der Waals surface area contributed by atoms with Crippen LogP contribution in [-0.2, 0) is 9.53 Å². The summed E-state index contributed by atoms with van der Waals surface area (Å²) in [6.45, 7) is 2.19. The number of rotatable bonds is 4. The quantitative estimate of drug-likeness (QED) is 0.771. The molecule has 1 amide bonds. The number of hydrogen-bond donors (Lipinski definition) is 2. The highest BCUT2D eigenvalue weighted by Crippen LogP contribution is 2.08. The Labute approximate surface area is 88.6 Å². The summed E-state index contributed by atoms with van der Waals surface area (Å²) in [7, 11) is 1.56. The van der Waals surface area contributed by atoms with Crippen molar-refractivity contribution in [2.75, 3.05) is 24.8 Å². The molecule has 0 aliphatic carbocycles. The highest BCUT2D eigenvalue weighted by atomic mass is 16.5. The number of carbonyl (C=O) groups is 1. The number of pyridine rings is 1. The van der Waals surface area contributed by atoms with Gasteiger partial charge in [0.05, 0.1) is 24.4 Å². The monoisotopic (exact) mass is 209 g/mol. The van der Waals surface area contributed by atoms with Crippen molar-refractivity contribution in [3.05, 3.63) is 18.3 Å². The summed E-state index contributed by atoms with van der Waals surface area (Å²) in [5.74, 6) is 0.147. The van der Waals surface area contributed by atoms with Crippen LogP contribution in [0.2, 0.25) is 0 Å². The molecule has 1 aromatic rings. The molecule has 0 fully saturated rings. The fourth-order valence-corrected chi connectivity index (χ4v) is 1.07. The summed E-state index contributed by atoms with van der Waals surface area (Å²) >= 11 is 0. The second-order valence-electron chi connectivity index (χ2n) is 3.32. The van der Waals surface area contributed by atoms with Gasteiger partial charge in [0.25, 0.3) is 0 Å². The number of nitrogen functional groups attached to an aromatic ring is 1. The van der Waals surface area contributed by atoms with Crippen molar-refractivity contribution in [3.8, 4) is 0 Å². The molecule has 1 aromatic heterocycles. The van der Waals surface area contributed by atoms with Gasteiger partial charge in [-0.3, -0.25) is 4.79 Å². The van der Waals surface area contributed by atoms with E-state index in [0.717, 1.165) is 0 Å². The van der Waals surface area contributed by atoms with E-state index in [9.17, 15) is 4.79 Å². The second-order valence-corrected chi connectivity index (χ2v) is 3.32. The Hall–Kier alpha value is -1.62. The van der Waals surface area contributed by atoms with E-state index < -0.39 is 0 Å². The molecule has 0 aliphatic heterocycles. The largest absolute Gasteiger partial charge is 0.384 e. The zero-order valence-corrected chi connectivity index (χ0v) is 8.86. The van der Waals surface area contributed by atoms with Gasteiger partial charge in [0.1, 0.15) is 5.82 Å². The Morgan fingerprint density at radius 1 is 1.67 bits per heavy atom. The van der Waals surface area contributed by atoms with E-state index in [4.69, 9.17) is 10.5 Å². The van der Waals surface area contributed by atoms with E-state index in [-0.39, 0.29) is 11.8 Å². The van der Waals surface area contributed by atoms with E-state index in [0.29, 0.717) is 18.1 Å². The average Bonchev–Trinajstić information content (AvgIpc) is 2.22. The van der Waals surface area contributed by atoms with Crippen LogP contribution in [0.3, 0.4) is 0 Å². The summed E-state index contributed by atoms with van der Waals surface area (Å²) < 4.78 is 4.89. The number of anilines is 2. The first-order valence-electron chi connectivity index (χ1n) is 4.65. The Balaban J connectivity index is 2.54. The van der Waals surface area contributed by atoms with Crippen molar-refractivity contribution < 1.29 is 9.53 Å². The third kappa shape index (κ3) is 3.55. The molecular formula is C10H15N3O2. The van der Waals surface area contributed by atoms with Crippen molar-refractivity contribution in [3.63, 3.8) is 0 Å². The predicted octanol–water partition coefficient (Wildman–Crippen LogP) is 0.885. The van der Waals surface area contributed by atoms with Crippen LogP contribution in [0.1, 0.15) is 6.92 Å². The first-order valence-corrected chi connectivity index (χ1v) is 4.65. The predicted molar refractivity (Wildman–Crippen MR) is 58.3 cm³/mol. The highest BCUT2D eigenvalue weighted by Gasteiger charge is 2.12. The van der Waals surface area contributed by atoms with E-state index in [1.807, 2.05) is 0 Å². The Morgan fingerprint density at radius 2 is 2.40 bits per heavy atom. The van der Waals surface area contributed by atoms with Crippen LogP contribution in [0.5, 0.6) is 0 Å². The van der Waals surface area contributed by atoms with Crippen molar-refractivity contribution >= 4 is 17.4 Å². The number of aromatic nitrogens is 1. The lowest BCUT2D eigenvalue weighted by molar-refractivity contribution is -0.120. The van der Waals surface area contributed by atoms with Crippen LogP contribution in [-0.4, -0.2) is 24.6 Å². The first kappa shape index (κ1) is 11.5. The van der Waals surface area contributed by atoms with Gasteiger partial charge in [-0.05, 0) is 12.1 Å². The topological polar surface area (TPSA) is 77.2 Å².